The lowest BCUT2D eigenvalue weighted by Crippen LogP contribution is -2.08. The summed E-state index contributed by atoms with van der Waals surface area (Å²) in [7, 11) is 1.63. The largest absolute Gasteiger partial charge is 0.493 e. The van der Waals surface area contributed by atoms with E-state index in [0.29, 0.717) is 28.1 Å². The molecule has 0 unspecified atom stereocenters. The molecule has 2 aromatic carbocycles. The summed E-state index contributed by atoms with van der Waals surface area (Å²) in [6.07, 6.45) is 0.0643. The smallest absolute Gasteiger partial charge is 0.175 e. The first-order chi connectivity index (χ1) is 10.9. The van der Waals surface area contributed by atoms with Crippen LogP contribution in [0.4, 0.5) is 5.69 Å². The van der Waals surface area contributed by atoms with E-state index >= 15 is 0 Å². The lowest BCUT2D eigenvalue weighted by Gasteiger charge is -2.17. The predicted molar refractivity (Wildman–Crippen MR) is 100 cm³/mol. The molecule has 0 heterocycles. The molecular weight excluding hydrogens is 401 g/mol. The van der Waals surface area contributed by atoms with E-state index < -0.39 is 0 Å². The van der Waals surface area contributed by atoms with Crippen LogP contribution in [0.15, 0.2) is 34.8 Å². The minimum atomic E-state index is 0.0643. The first kappa shape index (κ1) is 18.2. The van der Waals surface area contributed by atoms with Gasteiger partial charge < -0.3 is 14.8 Å². The minimum absolute atomic E-state index is 0.0643. The summed E-state index contributed by atoms with van der Waals surface area (Å²) in [6.45, 7) is 4.53. The summed E-state index contributed by atoms with van der Waals surface area (Å²) >= 11 is 15.7. The summed E-state index contributed by atoms with van der Waals surface area (Å²) in [6, 6.07) is 9.25. The predicted octanol–water partition coefficient (Wildman–Crippen LogP) is 6.16. The molecule has 23 heavy (non-hydrogen) atoms. The zero-order valence-corrected chi connectivity index (χ0v) is 16.2. The van der Waals surface area contributed by atoms with E-state index in [9.17, 15) is 0 Å². The monoisotopic (exact) mass is 417 g/mol. The molecule has 0 atom stereocenters. The zero-order chi connectivity index (χ0) is 17.0. The van der Waals surface area contributed by atoms with Gasteiger partial charge in [0.15, 0.2) is 11.5 Å². The second kappa shape index (κ2) is 8.13. The van der Waals surface area contributed by atoms with Crippen molar-refractivity contribution < 1.29 is 9.47 Å². The van der Waals surface area contributed by atoms with Crippen LogP contribution in [-0.4, -0.2) is 13.2 Å². The number of ether oxygens (including phenoxy) is 2. The van der Waals surface area contributed by atoms with Crippen LogP contribution in [0.2, 0.25) is 10.0 Å². The molecule has 0 aromatic heterocycles. The topological polar surface area (TPSA) is 30.5 Å². The molecule has 0 saturated carbocycles. The number of hydrogen-bond donors (Lipinski definition) is 1. The first-order valence-electron chi connectivity index (χ1n) is 7.12. The number of rotatable bonds is 6. The van der Waals surface area contributed by atoms with Crippen molar-refractivity contribution in [2.24, 2.45) is 0 Å². The third-order valence-electron chi connectivity index (χ3n) is 3.05. The van der Waals surface area contributed by atoms with Crippen molar-refractivity contribution in [3.8, 4) is 11.5 Å². The maximum absolute atomic E-state index is 6.16. The van der Waals surface area contributed by atoms with E-state index in [1.807, 2.05) is 26.0 Å². The molecular formula is C17H18BrCl2NO2. The normalized spacial score (nSPS) is 10.7. The number of anilines is 1. The Balaban J connectivity index is 2.20. The maximum atomic E-state index is 6.16. The van der Waals surface area contributed by atoms with Crippen LogP contribution in [0.3, 0.4) is 0 Å². The van der Waals surface area contributed by atoms with Crippen LogP contribution >= 0.6 is 39.1 Å². The van der Waals surface area contributed by atoms with Crippen LogP contribution in [-0.2, 0) is 6.54 Å². The molecule has 0 saturated heterocycles. The summed E-state index contributed by atoms with van der Waals surface area (Å²) in [5.74, 6) is 1.38. The molecule has 0 aliphatic heterocycles. The van der Waals surface area contributed by atoms with E-state index in [-0.39, 0.29) is 6.10 Å². The molecule has 2 rings (SSSR count). The molecule has 0 amide bonds. The average molecular weight is 419 g/mol. The van der Waals surface area contributed by atoms with Gasteiger partial charge in [-0.2, -0.15) is 0 Å². The summed E-state index contributed by atoms with van der Waals surface area (Å²) in [5.41, 5.74) is 1.82. The van der Waals surface area contributed by atoms with Gasteiger partial charge in [-0.3, -0.25) is 0 Å². The van der Waals surface area contributed by atoms with Crippen molar-refractivity contribution in [2.45, 2.75) is 26.5 Å². The minimum Gasteiger partial charge on any atom is -0.493 e. The molecule has 0 fully saturated rings. The van der Waals surface area contributed by atoms with Crippen molar-refractivity contribution in [3.05, 3.63) is 50.4 Å². The number of benzene rings is 2. The average Bonchev–Trinajstić information content (AvgIpc) is 2.50. The van der Waals surface area contributed by atoms with Gasteiger partial charge in [0.1, 0.15) is 0 Å². The highest BCUT2D eigenvalue weighted by atomic mass is 79.9. The van der Waals surface area contributed by atoms with Gasteiger partial charge in [0.2, 0.25) is 0 Å². The Hall–Kier alpha value is -1.10. The Bertz CT molecular complexity index is 693. The highest BCUT2D eigenvalue weighted by Gasteiger charge is 2.13. The molecule has 0 bridgehead atoms. The molecule has 0 radical (unpaired) electrons. The highest BCUT2D eigenvalue weighted by Crippen LogP contribution is 2.37. The quantitative estimate of drug-likeness (QED) is 0.608. The van der Waals surface area contributed by atoms with Crippen LogP contribution < -0.4 is 14.8 Å². The van der Waals surface area contributed by atoms with Gasteiger partial charge >= 0.3 is 0 Å². The fraction of sp³-hybridized carbons (Fsp3) is 0.294. The van der Waals surface area contributed by atoms with E-state index in [4.69, 9.17) is 32.7 Å². The third kappa shape index (κ3) is 4.93. The first-order valence-corrected chi connectivity index (χ1v) is 8.67. The number of nitrogens with one attached hydrogen (secondary N) is 1. The number of halogens is 3. The Morgan fingerprint density at radius 3 is 2.57 bits per heavy atom. The van der Waals surface area contributed by atoms with Gasteiger partial charge in [-0.05, 0) is 65.7 Å². The van der Waals surface area contributed by atoms with Crippen LogP contribution in [0.1, 0.15) is 19.4 Å². The van der Waals surface area contributed by atoms with Crippen molar-refractivity contribution in [1.29, 1.82) is 0 Å². The van der Waals surface area contributed by atoms with E-state index in [0.717, 1.165) is 15.7 Å². The van der Waals surface area contributed by atoms with Gasteiger partial charge in [0.05, 0.1) is 28.4 Å². The van der Waals surface area contributed by atoms with Crippen LogP contribution in [0.25, 0.3) is 0 Å². The molecule has 0 spiro atoms. The van der Waals surface area contributed by atoms with Crippen molar-refractivity contribution >= 4 is 44.8 Å². The Labute approximate surface area is 155 Å². The maximum Gasteiger partial charge on any atom is 0.175 e. The summed E-state index contributed by atoms with van der Waals surface area (Å²) < 4.78 is 12.1. The second-order valence-electron chi connectivity index (χ2n) is 5.25. The van der Waals surface area contributed by atoms with Gasteiger partial charge in [0.25, 0.3) is 0 Å². The Morgan fingerprint density at radius 2 is 1.91 bits per heavy atom. The SMILES string of the molecule is COc1cc(CNc2cc(Cl)ccc2Cl)cc(Br)c1OC(C)C. The van der Waals surface area contributed by atoms with Gasteiger partial charge in [-0.25, -0.2) is 0 Å². The van der Waals surface area contributed by atoms with Gasteiger partial charge in [-0.1, -0.05) is 23.2 Å². The van der Waals surface area contributed by atoms with Crippen molar-refractivity contribution in [2.75, 3.05) is 12.4 Å². The molecule has 3 nitrogen and oxygen atoms in total. The Morgan fingerprint density at radius 1 is 1.17 bits per heavy atom. The molecule has 1 N–H and O–H groups in total. The molecule has 0 aliphatic carbocycles. The van der Waals surface area contributed by atoms with Crippen molar-refractivity contribution in [3.63, 3.8) is 0 Å². The van der Waals surface area contributed by atoms with E-state index in [2.05, 4.69) is 21.2 Å². The molecule has 2 aromatic rings. The van der Waals surface area contributed by atoms with Gasteiger partial charge in [0, 0.05) is 11.6 Å². The van der Waals surface area contributed by atoms with Crippen LogP contribution in [0.5, 0.6) is 11.5 Å². The molecule has 0 aliphatic rings. The summed E-state index contributed by atoms with van der Waals surface area (Å²) in [4.78, 5) is 0. The highest BCUT2D eigenvalue weighted by molar-refractivity contribution is 9.10. The summed E-state index contributed by atoms with van der Waals surface area (Å²) in [5, 5.41) is 4.54. The van der Waals surface area contributed by atoms with E-state index in [1.54, 1.807) is 25.3 Å². The number of methoxy groups -OCH3 is 1. The molecule has 124 valence electrons. The standard InChI is InChI=1S/C17H18BrCl2NO2/c1-10(2)23-17-13(18)6-11(7-16(17)22-3)9-21-15-8-12(19)4-5-14(15)20/h4-8,10,21H,9H2,1-3H3. The second-order valence-corrected chi connectivity index (χ2v) is 6.95. The third-order valence-corrected chi connectivity index (χ3v) is 4.21. The fourth-order valence-corrected chi connectivity index (χ4v) is 2.99. The lowest BCUT2D eigenvalue weighted by molar-refractivity contribution is 0.228. The molecule has 6 heteroatoms. The van der Waals surface area contributed by atoms with E-state index in [1.165, 1.54) is 0 Å². The fourth-order valence-electron chi connectivity index (χ4n) is 2.06. The Kier molecular flexibility index (Phi) is 6.45. The van der Waals surface area contributed by atoms with Crippen LogP contribution in [0, 0.1) is 0 Å². The van der Waals surface area contributed by atoms with Gasteiger partial charge in [-0.15, -0.1) is 0 Å². The lowest BCUT2D eigenvalue weighted by atomic mass is 10.2. The number of hydrogen-bond acceptors (Lipinski definition) is 3. The van der Waals surface area contributed by atoms with Crippen molar-refractivity contribution in [1.82, 2.24) is 0 Å². The zero-order valence-electron chi connectivity index (χ0n) is 13.1.